The summed E-state index contributed by atoms with van der Waals surface area (Å²) in [5.41, 5.74) is 1.96. The molecule has 7 heteroatoms. The van der Waals surface area contributed by atoms with Crippen LogP contribution in [0.3, 0.4) is 0 Å². The molecule has 2 aromatic carbocycles. The number of piperazine rings is 1. The van der Waals surface area contributed by atoms with E-state index in [0.717, 1.165) is 25.2 Å². The Bertz CT molecular complexity index is 857. The van der Waals surface area contributed by atoms with Gasteiger partial charge in [0.05, 0.1) is 5.56 Å². The van der Waals surface area contributed by atoms with Crippen LogP contribution in [0.15, 0.2) is 42.5 Å². The lowest BCUT2D eigenvalue weighted by atomic mass is 10.1. The second-order valence-corrected chi connectivity index (χ2v) is 6.64. The predicted octanol–water partition coefficient (Wildman–Crippen LogP) is 2.07. The van der Waals surface area contributed by atoms with Crippen molar-refractivity contribution in [1.82, 2.24) is 9.80 Å². The summed E-state index contributed by atoms with van der Waals surface area (Å²) in [6.07, 6.45) is 0. The van der Waals surface area contributed by atoms with E-state index in [1.54, 1.807) is 30.3 Å². The molecule has 140 valence electrons. The van der Waals surface area contributed by atoms with Crippen LogP contribution >= 0.6 is 0 Å². The molecule has 0 unspecified atom stereocenters. The Labute approximate surface area is 156 Å². The third-order valence-corrected chi connectivity index (χ3v) is 4.89. The number of carbonyl (C=O) groups is 2. The van der Waals surface area contributed by atoms with Crippen molar-refractivity contribution in [2.24, 2.45) is 0 Å². The lowest BCUT2D eigenvalue weighted by Crippen LogP contribution is -2.48. The zero-order chi connectivity index (χ0) is 18.8. The quantitative estimate of drug-likeness (QED) is 0.890. The molecule has 2 aliphatic rings. The van der Waals surface area contributed by atoms with Crippen LogP contribution in [0.25, 0.3) is 0 Å². The van der Waals surface area contributed by atoms with Crippen LogP contribution in [0, 0.1) is 0 Å². The first-order valence-corrected chi connectivity index (χ1v) is 8.84. The van der Waals surface area contributed by atoms with Crippen molar-refractivity contribution in [3.8, 4) is 11.5 Å². The number of hydrogen-bond acceptors (Lipinski definition) is 5. The van der Waals surface area contributed by atoms with Gasteiger partial charge in [-0.05, 0) is 35.9 Å². The maximum atomic E-state index is 12.7. The molecule has 1 fully saturated rings. The zero-order valence-corrected chi connectivity index (χ0v) is 14.8. The number of nitrogens with zero attached hydrogens (tertiary/aromatic N) is 2. The van der Waals surface area contributed by atoms with E-state index in [2.05, 4.69) is 4.90 Å². The maximum absolute atomic E-state index is 12.7. The fourth-order valence-corrected chi connectivity index (χ4v) is 3.33. The Balaban J connectivity index is 1.33. The van der Waals surface area contributed by atoms with Crippen molar-refractivity contribution in [3.63, 3.8) is 0 Å². The van der Waals surface area contributed by atoms with Crippen molar-refractivity contribution in [2.75, 3.05) is 33.0 Å². The fraction of sp³-hybridized carbons (Fsp3) is 0.300. The summed E-state index contributed by atoms with van der Waals surface area (Å²) in [6, 6.07) is 12.2. The number of carboxylic acids is 1. The van der Waals surface area contributed by atoms with Gasteiger partial charge in [-0.25, -0.2) is 4.79 Å². The van der Waals surface area contributed by atoms with Crippen molar-refractivity contribution in [1.29, 1.82) is 0 Å². The molecule has 7 nitrogen and oxygen atoms in total. The zero-order valence-electron chi connectivity index (χ0n) is 14.8. The first kappa shape index (κ1) is 17.4. The Kier molecular flexibility index (Phi) is 4.68. The second kappa shape index (κ2) is 7.28. The lowest BCUT2D eigenvalue weighted by Gasteiger charge is -2.34. The highest BCUT2D eigenvalue weighted by Gasteiger charge is 2.24. The molecule has 2 aliphatic heterocycles. The Morgan fingerprint density at radius 3 is 2.26 bits per heavy atom. The average molecular weight is 368 g/mol. The Morgan fingerprint density at radius 1 is 0.889 bits per heavy atom. The van der Waals surface area contributed by atoms with E-state index in [-0.39, 0.29) is 18.3 Å². The maximum Gasteiger partial charge on any atom is 0.335 e. The molecule has 2 heterocycles. The van der Waals surface area contributed by atoms with Crippen LogP contribution in [0.4, 0.5) is 0 Å². The van der Waals surface area contributed by atoms with Gasteiger partial charge < -0.3 is 19.5 Å². The van der Waals surface area contributed by atoms with Gasteiger partial charge in [-0.1, -0.05) is 12.1 Å². The normalized spacial score (nSPS) is 16.4. The molecule has 0 spiro atoms. The van der Waals surface area contributed by atoms with E-state index in [4.69, 9.17) is 14.6 Å². The third kappa shape index (κ3) is 3.73. The summed E-state index contributed by atoms with van der Waals surface area (Å²) in [7, 11) is 0. The summed E-state index contributed by atoms with van der Waals surface area (Å²) in [5, 5.41) is 8.96. The summed E-state index contributed by atoms with van der Waals surface area (Å²) < 4.78 is 10.6. The number of carbonyl (C=O) groups excluding carboxylic acids is 1. The number of carboxylic acid groups (broad SMARTS) is 1. The Hall–Kier alpha value is -3.06. The van der Waals surface area contributed by atoms with Crippen LogP contribution in [0.5, 0.6) is 11.5 Å². The lowest BCUT2D eigenvalue weighted by molar-refractivity contribution is 0.0627. The van der Waals surface area contributed by atoms with Gasteiger partial charge in [0.2, 0.25) is 6.79 Å². The van der Waals surface area contributed by atoms with Crippen molar-refractivity contribution in [2.45, 2.75) is 6.54 Å². The molecule has 0 atom stereocenters. The fourth-order valence-electron chi connectivity index (χ4n) is 3.33. The van der Waals surface area contributed by atoms with E-state index >= 15 is 0 Å². The second-order valence-electron chi connectivity index (χ2n) is 6.64. The molecule has 4 rings (SSSR count). The standard InChI is InChI=1S/C20H20N2O5/c23-19(16-5-6-17-18(11-16)27-13-26-17)22-9-7-21(8-10-22)12-14-1-3-15(4-2-14)20(24)25/h1-6,11H,7-10,12-13H2,(H,24,25). The molecule has 0 aliphatic carbocycles. The molecule has 0 radical (unpaired) electrons. The molecule has 0 aromatic heterocycles. The van der Waals surface area contributed by atoms with Gasteiger partial charge in [0.1, 0.15) is 0 Å². The molecule has 27 heavy (non-hydrogen) atoms. The topological polar surface area (TPSA) is 79.3 Å². The SMILES string of the molecule is O=C(O)c1ccc(CN2CCN(C(=O)c3ccc4c(c3)OCO4)CC2)cc1. The number of benzene rings is 2. The van der Waals surface area contributed by atoms with Crippen molar-refractivity contribution in [3.05, 3.63) is 59.2 Å². The van der Waals surface area contributed by atoms with Crippen LogP contribution in [0.1, 0.15) is 26.3 Å². The van der Waals surface area contributed by atoms with E-state index in [1.807, 2.05) is 17.0 Å². The first-order valence-electron chi connectivity index (χ1n) is 8.84. The molecule has 1 amide bonds. The van der Waals surface area contributed by atoms with E-state index in [1.165, 1.54) is 0 Å². The largest absolute Gasteiger partial charge is 0.478 e. The minimum absolute atomic E-state index is 0.00115. The molecule has 0 saturated carbocycles. The van der Waals surface area contributed by atoms with E-state index in [9.17, 15) is 9.59 Å². The van der Waals surface area contributed by atoms with Crippen molar-refractivity contribution < 1.29 is 24.2 Å². The molecule has 2 aromatic rings. The van der Waals surface area contributed by atoms with Gasteiger partial charge in [0.15, 0.2) is 11.5 Å². The molecule has 1 N–H and O–H groups in total. The van der Waals surface area contributed by atoms with Crippen LogP contribution in [-0.2, 0) is 6.54 Å². The highest BCUT2D eigenvalue weighted by molar-refractivity contribution is 5.95. The molecule has 1 saturated heterocycles. The smallest absolute Gasteiger partial charge is 0.335 e. The van der Waals surface area contributed by atoms with Crippen molar-refractivity contribution >= 4 is 11.9 Å². The molecular weight excluding hydrogens is 348 g/mol. The predicted molar refractivity (Wildman–Crippen MR) is 97.1 cm³/mol. The Morgan fingerprint density at radius 2 is 1.56 bits per heavy atom. The average Bonchev–Trinajstić information content (AvgIpc) is 3.16. The van der Waals surface area contributed by atoms with E-state index < -0.39 is 5.97 Å². The number of fused-ring (bicyclic) bond motifs is 1. The van der Waals surface area contributed by atoms with Gasteiger partial charge in [0, 0.05) is 38.3 Å². The van der Waals surface area contributed by atoms with Crippen LogP contribution < -0.4 is 9.47 Å². The molecular formula is C20H20N2O5. The monoisotopic (exact) mass is 368 g/mol. The summed E-state index contributed by atoms with van der Waals surface area (Å²) in [5.74, 6) is 0.366. The summed E-state index contributed by atoms with van der Waals surface area (Å²) >= 11 is 0. The van der Waals surface area contributed by atoms with Gasteiger partial charge in [-0.3, -0.25) is 9.69 Å². The molecule has 0 bridgehead atoms. The van der Waals surface area contributed by atoms with Crippen LogP contribution in [-0.4, -0.2) is 59.8 Å². The van der Waals surface area contributed by atoms with Gasteiger partial charge >= 0.3 is 5.97 Å². The van der Waals surface area contributed by atoms with E-state index in [0.29, 0.717) is 30.2 Å². The summed E-state index contributed by atoms with van der Waals surface area (Å²) in [6.45, 7) is 3.79. The van der Waals surface area contributed by atoms with Crippen LogP contribution in [0.2, 0.25) is 0 Å². The highest BCUT2D eigenvalue weighted by Crippen LogP contribution is 2.32. The van der Waals surface area contributed by atoms with Gasteiger partial charge in [0.25, 0.3) is 5.91 Å². The number of rotatable bonds is 4. The summed E-state index contributed by atoms with van der Waals surface area (Å²) in [4.78, 5) is 27.8. The number of ether oxygens (including phenoxy) is 2. The number of hydrogen-bond donors (Lipinski definition) is 1. The minimum Gasteiger partial charge on any atom is -0.478 e. The minimum atomic E-state index is -0.919. The number of amides is 1. The highest BCUT2D eigenvalue weighted by atomic mass is 16.7. The van der Waals surface area contributed by atoms with Gasteiger partial charge in [-0.2, -0.15) is 0 Å². The first-order chi connectivity index (χ1) is 13.1. The third-order valence-electron chi connectivity index (χ3n) is 4.89. The number of aromatic carboxylic acids is 1. The van der Waals surface area contributed by atoms with Gasteiger partial charge in [-0.15, -0.1) is 0 Å².